The van der Waals surface area contributed by atoms with Crippen molar-refractivity contribution in [2.75, 3.05) is 5.73 Å². The normalized spacial score (nSPS) is 9.86. The van der Waals surface area contributed by atoms with E-state index in [0.29, 0.717) is 5.57 Å². The number of anilines is 1. The van der Waals surface area contributed by atoms with Crippen molar-refractivity contribution in [2.45, 2.75) is 6.92 Å². The van der Waals surface area contributed by atoms with Crippen molar-refractivity contribution >= 4 is 17.2 Å². The van der Waals surface area contributed by atoms with Crippen molar-refractivity contribution < 1.29 is 14.3 Å². The van der Waals surface area contributed by atoms with Crippen LogP contribution >= 0.6 is 0 Å². The van der Waals surface area contributed by atoms with Crippen molar-refractivity contribution in [2.24, 2.45) is 0 Å². The second kappa shape index (κ2) is 3.49. The van der Waals surface area contributed by atoms with E-state index in [0.717, 1.165) is 12.1 Å². The van der Waals surface area contributed by atoms with Crippen LogP contribution in [0.2, 0.25) is 0 Å². The molecule has 4 heteroatoms. The van der Waals surface area contributed by atoms with Gasteiger partial charge >= 0.3 is 5.97 Å². The van der Waals surface area contributed by atoms with E-state index in [1.165, 1.54) is 0 Å². The minimum Gasteiger partial charge on any atom is -0.478 e. The average Bonchev–Trinajstić information content (AvgIpc) is 2.02. The molecule has 0 bridgehead atoms. The maximum Gasteiger partial charge on any atom is 0.337 e. The molecule has 0 aliphatic rings. The summed E-state index contributed by atoms with van der Waals surface area (Å²) in [5.74, 6) is -1.73. The van der Waals surface area contributed by atoms with Crippen LogP contribution in [0, 0.1) is 5.82 Å². The highest BCUT2D eigenvalue weighted by Gasteiger charge is 2.15. The zero-order chi connectivity index (χ0) is 10.9. The van der Waals surface area contributed by atoms with Crippen molar-refractivity contribution in [3.8, 4) is 0 Å². The van der Waals surface area contributed by atoms with Gasteiger partial charge in [0.25, 0.3) is 0 Å². The molecule has 0 aromatic heterocycles. The molecule has 1 aromatic rings. The minimum absolute atomic E-state index is 0.0740. The van der Waals surface area contributed by atoms with E-state index in [4.69, 9.17) is 10.8 Å². The third-order valence-corrected chi connectivity index (χ3v) is 1.85. The lowest BCUT2D eigenvalue weighted by molar-refractivity contribution is 0.0698. The van der Waals surface area contributed by atoms with E-state index < -0.39 is 11.8 Å². The summed E-state index contributed by atoms with van der Waals surface area (Å²) in [6.45, 7) is 5.10. The fourth-order valence-corrected chi connectivity index (χ4v) is 1.21. The number of carboxylic acids is 1. The number of nitrogen functional groups attached to an aromatic ring is 1. The van der Waals surface area contributed by atoms with E-state index in [2.05, 4.69) is 6.58 Å². The van der Waals surface area contributed by atoms with Gasteiger partial charge in [0.2, 0.25) is 0 Å². The Balaban J connectivity index is 3.49. The number of rotatable bonds is 2. The summed E-state index contributed by atoms with van der Waals surface area (Å²) in [5.41, 5.74) is 5.80. The SMILES string of the molecule is C=C(C)c1c(F)ccc(C(=O)O)c1N. The molecule has 3 nitrogen and oxygen atoms in total. The van der Waals surface area contributed by atoms with Gasteiger partial charge in [-0.2, -0.15) is 0 Å². The molecule has 14 heavy (non-hydrogen) atoms. The molecule has 0 spiro atoms. The zero-order valence-corrected chi connectivity index (χ0v) is 7.67. The van der Waals surface area contributed by atoms with Crippen LogP contribution in [0.4, 0.5) is 10.1 Å². The number of allylic oxidation sites excluding steroid dienone is 1. The summed E-state index contributed by atoms with van der Waals surface area (Å²) in [5, 5.41) is 8.73. The Bertz CT molecular complexity index is 413. The molecule has 74 valence electrons. The number of halogens is 1. The second-order valence-corrected chi connectivity index (χ2v) is 2.97. The van der Waals surface area contributed by atoms with Crippen LogP contribution in [-0.2, 0) is 0 Å². The van der Waals surface area contributed by atoms with Crippen molar-refractivity contribution in [1.82, 2.24) is 0 Å². The van der Waals surface area contributed by atoms with Gasteiger partial charge in [0, 0.05) is 5.56 Å². The number of hydrogen-bond acceptors (Lipinski definition) is 2. The van der Waals surface area contributed by atoms with Crippen LogP contribution in [-0.4, -0.2) is 11.1 Å². The summed E-state index contributed by atoms with van der Waals surface area (Å²) < 4.78 is 13.2. The predicted octanol–water partition coefficient (Wildman–Crippen LogP) is 2.14. The molecule has 3 N–H and O–H groups in total. The first kappa shape index (κ1) is 10.2. The van der Waals surface area contributed by atoms with E-state index in [1.54, 1.807) is 6.92 Å². The molecule has 0 aliphatic heterocycles. The first-order valence-corrected chi connectivity index (χ1v) is 3.92. The molecule has 1 aromatic carbocycles. The number of carboxylic acid groups (broad SMARTS) is 1. The van der Waals surface area contributed by atoms with Gasteiger partial charge in [0.05, 0.1) is 11.3 Å². The second-order valence-electron chi connectivity index (χ2n) is 2.97. The van der Waals surface area contributed by atoms with Gasteiger partial charge in [-0.3, -0.25) is 0 Å². The van der Waals surface area contributed by atoms with Crippen LogP contribution in [0.15, 0.2) is 18.7 Å². The maximum atomic E-state index is 13.2. The molecule has 1 rings (SSSR count). The highest BCUT2D eigenvalue weighted by molar-refractivity contribution is 5.96. The van der Waals surface area contributed by atoms with Gasteiger partial charge < -0.3 is 10.8 Å². The van der Waals surface area contributed by atoms with Gasteiger partial charge in [-0.05, 0) is 24.6 Å². The van der Waals surface area contributed by atoms with E-state index in [1.807, 2.05) is 0 Å². The molecular formula is C10H10FNO2. The monoisotopic (exact) mass is 195 g/mol. The van der Waals surface area contributed by atoms with Crippen LogP contribution < -0.4 is 5.73 Å². The standard InChI is InChI=1S/C10H10FNO2/c1-5(2)8-7(11)4-3-6(9(8)12)10(13)14/h3-4H,1,12H2,2H3,(H,13,14). The zero-order valence-electron chi connectivity index (χ0n) is 7.67. The predicted molar refractivity (Wildman–Crippen MR) is 52.5 cm³/mol. The number of hydrogen-bond donors (Lipinski definition) is 2. The van der Waals surface area contributed by atoms with Gasteiger partial charge in [-0.1, -0.05) is 6.58 Å². The van der Waals surface area contributed by atoms with Crippen molar-refractivity contribution in [3.05, 3.63) is 35.7 Å². The Labute approximate surface area is 80.7 Å². The molecule has 0 unspecified atom stereocenters. The van der Waals surface area contributed by atoms with Crippen LogP contribution in [0.5, 0.6) is 0 Å². The van der Waals surface area contributed by atoms with Gasteiger partial charge in [0.1, 0.15) is 5.82 Å². The third kappa shape index (κ3) is 1.59. The number of nitrogens with two attached hydrogens (primary N) is 1. The Morgan fingerprint density at radius 1 is 1.57 bits per heavy atom. The summed E-state index contributed by atoms with van der Waals surface area (Å²) in [4.78, 5) is 10.7. The summed E-state index contributed by atoms with van der Waals surface area (Å²) in [7, 11) is 0. The summed E-state index contributed by atoms with van der Waals surface area (Å²) in [6.07, 6.45) is 0. The lowest BCUT2D eigenvalue weighted by Gasteiger charge is -2.08. The maximum absolute atomic E-state index is 13.2. The first-order chi connectivity index (χ1) is 6.45. The molecule has 0 atom stereocenters. The summed E-state index contributed by atoms with van der Waals surface area (Å²) >= 11 is 0. The fourth-order valence-electron chi connectivity index (χ4n) is 1.21. The fraction of sp³-hybridized carbons (Fsp3) is 0.100. The van der Waals surface area contributed by atoms with Crippen LogP contribution in [0.1, 0.15) is 22.8 Å². The molecule has 0 fully saturated rings. The number of aromatic carboxylic acids is 1. The molecule has 0 saturated heterocycles. The Morgan fingerprint density at radius 2 is 2.14 bits per heavy atom. The topological polar surface area (TPSA) is 63.3 Å². The van der Waals surface area contributed by atoms with E-state index in [9.17, 15) is 9.18 Å². The Morgan fingerprint density at radius 3 is 2.57 bits per heavy atom. The quantitative estimate of drug-likeness (QED) is 0.710. The van der Waals surface area contributed by atoms with Crippen molar-refractivity contribution in [1.29, 1.82) is 0 Å². The molecule has 0 radical (unpaired) electrons. The van der Waals surface area contributed by atoms with E-state index >= 15 is 0 Å². The molecule has 0 heterocycles. The van der Waals surface area contributed by atoms with E-state index in [-0.39, 0.29) is 16.8 Å². The average molecular weight is 195 g/mol. The largest absolute Gasteiger partial charge is 0.478 e. The molecule has 0 saturated carbocycles. The van der Waals surface area contributed by atoms with Crippen LogP contribution in [0.25, 0.3) is 5.57 Å². The number of carbonyl (C=O) groups is 1. The molecule has 0 amide bonds. The lowest BCUT2D eigenvalue weighted by atomic mass is 10.0. The highest BCUT2D eigenvalue weighted by Crippen LogP contribution is 2.26. The van der Waals surface area contributed by atoms with Crippen molar-refractivity contribution in [3.63, 3.8) is 0 Å². The Kier molecular flexibility index (Phi) is 2.56. The molecular weight excluding hydrogens is 185 g/mol. The third-order valence-electron chi connectivity index (χ3n) is 1.85. The first-order valence-electron chi connectivity index (χ1n) is 3.92. The van der Waals surface area contributed by atoms with Crippen LogP contribution in [0.3, 0.4) is 0 Å². The van der Waals surface area contributed by atoms with Gasteiger partial charge in [0.15, 0.2) is 0 Å². The minimum atomic E-state index is -1.18. The molecule has 0 aliphatic carbocycles. The van der Waals surface area contributed by atoms with Gasteiger partial charge in [-0.15, -0.1) is 0 Å². The lowest BCUT2D eigenvalue weighted by Crippen LogP contribution is -2.06. The Hall–Kier alpha value is -1.84. The smallest absolute Gasteiger partial charge is 0.337 e. The number of benzene rings is 1. The van der Waals surface area contributed by atoms with Gasteiger partial charge in [-0.25, -0.2) is 9.18 Å². The highest BCUT2D eigenvalue weighted by atomic mass is 19.1. The summed E-state index contributed by atoms with van der Waals surface area (Å²) in [6, 6.07) is 2.21.